The summed E-state index contributed by atoms with van der Waals surface area (Å²) in [4.78, 5) is 37.4. The molecule has 8 N–H and O–H groups in total. The van der Waals surface area contributed by atoms with Crippen LogP contribution in [0, 0.1) is 0 Å². The lowest BCUT2D eigenvalue weighted by Crippen LogP contribution is -2.62. The molecule has 0 heterocycles. The highest BCUT2D eigenvalue weighted by Crippen LogP contribution is 2.15. The minimum atomic E-state index is -1.33. The maximum atomic E-state index is 13.1. The number of rotatable bonds is 12. The quantitative estimate of drug-likeness (QED) is 0.131. The second kappa shape index (κ2) is 14.2. The zero-order chi connectivity index (χ0) is 25.8. The Morgan fingerprint density at radius 3 is 2.20 bits per heavy atom. The molecule has 188 valence electrons. The lowest BCUT2D eigenvalue weighted by Gasteiger charge is -2.28. The fraction of sp³-hybridized carbons (Fsp3) is 0.348. The number of nitrogens with zero attached hydrogens (tertiary/aromatic N) is 2. The van der Waals surface area contributed by atoms with Gasteiger partial charge >= 0.3 is 12.0 Å². The zero-order valence-electron chi connectivity index (χ0n) is 19.3. The van der Waals surface area contributed by atoms with Gasteiger partial charge in [0.25, 0.3) is 0 Å². The van der Waals surface area contributed by atoms with Gasteiger partial charge < -0.3 is 27.2 Å². The fourth-order valence-electron chi connectivity index (χ4n) is 3.29. The Morgan fingerprint density at radius 2 is 1.66 bits per heavy atom. The molecule has 3 amide bonds. The number of aliphatic carboxylic acids is 1. The van der Waals surface area contributed by atoms with Gasteiger partial charge in [-0.25, -0.2) is 9.59 Å². The molecule has 2 aromatic carbocycles. The van der Waals surface area contributed by atoms with Crippen LogP contribution in [0.3, 0.4) is 0 Å². The van der Waals surface area contributed by atoms with Crippen molar-refractivity contribution in [2.75, 3.05) is 0 Å². The summed E-state index contributed by atoms with van der Waals surface area (Å²) in [5.41, 5.74) is 13.3. The summed E-state index contributed by atoms with van der Waals surface area (Å²) < 4.78 is 0. The number of carboxylic acid groups (broad SMARTS) is 1. The van der Waals surface area contributed by atoms with Gasteiger partial charge in [0, 0.05) is 18.2 Å². The van der Waals surface area contributed by atoms with Crippen molar-refractivity contribution < 1.29 is 19.5 Å². The van der Waals surface area contributed by atoms with E-state index in [2.05, 4.69) is 38.8 Å². The Kier molecular flexibility index (Phi) is 11.3. The molecule has 11 nitrogen and oxygen atoms in total. The SMILES string of the molecule is CCC(NC(N)N)C(NC(=O)C(Cc1ccccc1)NC(=O)/N=N/c1ccc(CS)cc1)C(=O)O. The minimum absolute atomic E-state index is 0.109. The summed E-state index contributed by atoms with van der Waals surface area (Å²) in [7, 11) is 0. The Hall–Kier alpha value is -3.32. The smallest absolute Gasteiger partial charge is 0.360 e. The van der Waals surface area contributed by atoms with Gasteiger partial charge in [0.1, 0.15) is 18.4 Å². The Balaban J connectivity index is 2.18. The van der Waals surface area contributed by atoms with Crippen molar-refractivity contribution in [2.45, 2.75) is 49.9 Å². The van der Waals surface area contributed by atoms with E-state index in [-0.39, 0.29) is 6.42 Å². The summed E-state index contributed by atoms with van der Waals surface area (Å²) in [6, 6.07) is 12.0. The predicted octanol–water partition coefficient (Wildman–Crippen LogP) is 1.66. The van der Waals surface area contributed by atoms with Gasteiger partial charge in [-0.15, -0.1) is 5.11 Å². The van der Waals surface area contributed by atoms with Crippen molar-refractivity contribution >= 4 is 36.2 Å². The molecule has 3 atom stereocenters. The van der Waals surface area contributed by atoms with E-state index in [4.69, 9.17) is 11.5 Å². The molecular formula is C23H31N7O4S. The number of amides is 3. The average molecular weight is 502 g/mol. The number of urea groups is 1. The van der Waals surface area contributed by atoms with E-state index in [1.165, 1.54) is 0 Å². The van der Waals surface area contributed by atoms with Crippen LogP contribution in [0.25, 0.3) is 0 Å². The molecule has 0 saturated carbocycles. The molecule has 0 aliphatic rings. The first kappa shape index (κ1) is 27.9. The third-order valence-electron chi connectivity index (χ3n) is 5.08. The summed E-state index contributed by atoms with van der Waals surface area (Å²) >= 11 is 4.19. The molecular weight excluding hydrogens is 470 g/mol. The number of carbonyl (C=O) groups is 3. The van der Waals surface area contributed by atoms with E-state index in [0.29, 0.717) is 17.9 Å². The minimum Gasteiger partial charge on any atom is -0.480 e. The van der Waals surface area contributed by atoms with Crippen LogP contribution >= 0.6 is 12.6 Å². The molecule has 0 aliphatic carbocycles. The van der Waals surface area contributed by atoms with Crippen LogP contribution < -0.4 is 27.4 Å². The summed E-state index contributed by atoms with van der Waals surface area (Å²) in [5.74, 6) is -1.40. The molecule has 0 spiro atoms. The Labute approximate surface area is 209 Å². The Bertz CT molecular complexity index is 1000. The van der Waals surface area contributed by atoms with E-state index in [9.17, 15) is 19.5 Å². The summed E-state index contributed by atoms with van der Waals surface area (Å²) in [6.45, 7) is 1.73. The summed E-state index contributed by atoms with van der Waals surface area (Å²) in [6.07, 6.45) is -0.531. The van der Waals surface area contributed by atoms with E-state index in [1.807, 2.05) is 18.2 Å². The van der Waals surface area contributed by atoms with Crippen molar-refractivity contribution in [3.63, 3.8) is 0 Å². The van der Waals surface area contributed by atoms with Crippen molar-refractivity contribution in [1.29, 1.82) is 0 Å². The molecule has 35 heavy (non-hydrogen) atoms. The topological polar surface area (TPSA) is 184 Å². The first-order valence-corrected chi connectivity index (χ1v) is 11.6. The molecule has 0 saturated heterocycles. The largest absolute Gasteiger partial charge is 0.480 e. The van der Waals surface area contributed by atoms with Crippen LogP contribution in [0.4, 0.5) is 10.5 Å². The first-order chi connectivity index (χ1) is 16.7. The lowest BCUT2D eigenvalue weighted by molar-refractivity contribution is -0.143. The normalized spacial score (nSPS) is 13.9. The number of carboxylic acids is 1. The molecule has 2 rings (SSSR count). The number of nitrogens with one attached hydrogen (secondary N) is 3. The highest BCUT2D eigenvalue weighted by molar-refractivity contribution is 7.79. The molecule has 12 heteroatoms. The fourth-order valence-corrected chi connectivity index (χ4v) is 3.50. The van der Waals surface area contributed by atoms with Crippen LogP contribution in [0.1, 0.15) is 24.5 Å². The molecule has 2 aromatic rings. The number of nitrogens with two attached hydrogens (primary N) is 2. The van der Waals surface area contributed by atoms with E-state index in [0.717, 1.165) is 11.1 Å². The number of hydrogen-bond donors (Lipinski definition) is 7. The van der Waals surface area contributed by atoms with Crippen LogP contribution in [0.15, 0.2) is 64.8 Å². The van der Waals surface area contributed by atoms with Crippen LogP contribution in [-0.2, 0) is 21.8 Å². The second-order valence-electron chi connectivity index (χ2n) is 7.75. The van der Waals surface area contributed by atoms with Crippen LogP contribution in [-0.4, -0.2) is 47.4 Å². The number of azo groups is 1. The molecule has 0 fully saturated rings. The molecule has 0 aromatic heterocycles. The monoisotopic (exact) mass is 501 g/mol. The van der Waals surface area contributed by atoms with Crippen LogP contribution in [0.2, 0.25) is 0 Å². The van der Waals surface area contributed by atoms with Crippen molar-refractivity contribution in [3.8, 4) is 0 Å². The zero-order valence-corrected chi connectivity index (χ0v) is 20.2. The number of hydrogen-bond acceptors (Lipinski definition) is 8. The van der Waals surface area contributed by atoms with Gasteiger partial charge in [-0.2, -0.15) is 12.6 Å². The number of thiol groups is 1. The highest BCUT2D eigenvalue weighted by Gasteiger charge is 2.32. The lowest BCUT2D eigenvalue weighted by atomic mass is 10.0. The number of carbonyl (C=O) groups excluding carboxylic acids is 2. The first-order valence-electron chi connectivity index (χ1n) is 11.0. The van der Waals surface area contributed by atoms with Gasteiger partial charge in [0.2, 0.25) is 5.91 Å². The van der Waals surface area contributed by atoms with E-state index in [1.54, 1.807) is 43.3 Å². The van der Waals surface area contributed by atoms with E-state index >= 15 is 0 Å². The van der Waals surface area contributed by atoms with Gasteiger partial charge in [-0.05, 0) is 29.7 Å². The molecule has 0 aliphatic heterocycles. The highest BCUT2D eigenvalue weighted by atomic mass is 32.1. The van der Waals surface area contributed by atoms with Crippen molar-refractivity contribution in [1.82, 2.24) is 16.0 Å². The third kappa shape index (κ3) is 9.45. The van der Waals surface area contributed by atoms with Gasteiger partial charge in [0.15, 0.2) is 0 Å². The predicted molar refractivity (Wildman–Crippen MR) is 135 cm³/mol. The molecule has 0 radical (unpaired) electrons. The van der Waals surface area contributed by atoms with E-state index < -0.39 is 42.3 Å². The van der Waals surface area contributed by atoms with Crippen molar-refractivity contribution in [2.24, 2.45) is 21.7 Å². The van der Waals surface area contributed by atoms with Gasteiger partial charge in [0.05, 0.1) is 5.69 Å². The standard InChI is InChI=1S/C23H31N7O4S/c1-2-17(26-22(24)25)19(21(32)33)28-20(31)18(12-14-6-4-3-5-7-14)27-23(34)30-29-16-10-8-15(13-35)9-11-16/h3-11,17-19,22,26,35H,2,12-13,24-25H2,1H3,(H,27,34)(H,28,31)(H,32,33)/b30-29+. The Morgan fingerprint density at radius 1 is 1.00 bits per heavy atom. The molecule has 3 unspecified atom stereocenters. The van der Waals surface area contributed by atoms with Crippen LogP contribution in [0.5, 0.6) is 0 Å². The number of benzene rings is 2. The van der Waals surface area contributed by atoms with Crippen molar-refractivity contribution in [3.05, 3.63) is 65.7 Å². The molecule has 0 bridgehead atoms. The second-order valence-corrected chi connectivity index (χ2v) is 8.06. The average Bonchev–Trinajstić information content (AvgIpc) is 2.84. The van der Waals surface area contributed by atoms with Gasteiger partial charge in [-0.1, -0.05) is 54.5 Å². The van der Waals surface area contributed by atoms with Gasteiger partial charge in [-0.3, -0.25) is 10.1 Å². The third-order valence-corrected chi connectivity index (χ3v) is 5.45. The summed E-state index contributed by atoms with van der Waals surface area (Å²) in [5, 5.41) is 24.9. The maximum absolute atomic E-state index is 13.1. The maximum Gasteiger partial charge on any atom is 0.360 e.